The van der Waals surface area contributed by atoms with Crippen LogP contribution in [-0.4, -0.2) is 148 Å². The van der Waals surface area contributed by atoms with Crippen molar-refractivity contribution in [3.63, 3.8) is 0 Å². The average molecular weight is 1020 g/mol. The number of rotatable bonds is 47. The van der Waals surface area contributed by atoms with Crippen LogP contribution in [0.4, 0.5) is 0 Å². The Morgan fingerprint density at radius 1 is 0.458 bits per heavy atom. The summed E-state index contributed by atoms with van der Waals surface area (Å²) in [5, 5.41) is 17.6. The van der Waals surface area contributed by atoms with Gasteiger partial charge in [-0.2, -0.15) is 0 Å². The zero-order valence-electron chi connectivity index (χ0n) is 45.4. The molecule has 4 unspecified atom stereocenters. The van der Waals surface area contributed by atoms with E-state index < -0.39 is 36.0 Å². The van der Waals surface area contributed by atoms with Crippen LogP contribution in [0, 0.1) is 0 Å². The highest BCUT2D eigenvalue weighted by atomic mass is 16.2. The Labute approximate surface area is 436 Å². The number of amides is 6. The minimum absolute atomic E-state index is 0.000573. The summed E-state index contributed by atoms with van der Waals surface area (Å²) in [6.07, 6.45) is 28.8. The van der Waals surface area contributed by atoms with E-state index in [2.05, 4.69) is 60.8 Å². The Kier molecular flexibility index (Phi) is 42.3. The Morgan fingerprint density at radius 2 is 0.875 bits per heavy atom. The lowest BCUT2D eigenvalue weighted by Gasteiger charge is -2.34. The maximum absolute atomic E-state index is 13.6. The smallest absolute Gasteiger partial charge is 0.243 e. The third-order valence-electron chi connectivity index (χ3n) is 13.4. The predicted octanol–water partition coefficient (Wildman–Crippen LogP) is 4.13. The average Bonchev–Trinajstić information content (AvgIpc) is 3.36. The molecule has 418 valence electrons. The maximum Gasteiger partial charge on any atom is 0.243 e. The van der Waals surface area contributed by atoms with Crippen molar-refractivity contribution in [3.8, 4) is 0 Å². The van der Waals surface area contributed by atoms with Crippen LogP contribution in [0.3, 0.4) is 0 Å². The quantitative estimate of drug-likeness (QED) is 0.0304. The SMILES string of the molecule is CCCCCCCCC=CCCCCCCCC(=O)NC(CCCCNC(=O)C(CCCCN)NC(=O)C(CCCCN)NC(=O)C(N)CCCCN)C(=O)NCCCN1CCN(CCCNC(C)=O)CC1. The highest BCUT2D eigenvalue weighted by molar-refractivity contribution is 5.93. The van der Waals surface area contributed by atoms with Crippen LogP contribution in [-0.2, 0) is 28.8 Å². The van der Waals surface area contributed by atoms with Gasteiger partial charge in [0.05, 0.1) is 6.04 Å². The second kappa shape index (κ2) is 45.9. The topological polar surface area (TPSA) is 285 Å². The monoisotopic (exact) mass is 1020 g/mol. The Balaban J connectivity index is 2.75. The molecule has 14 N–H and O–H groups in total. The number of nitrogens with two attached hydrogens (primary N) is 4. The molecule has 72 heavy (non-hydrogen) atoms. The molecule has 6 amide bonds. The van der Waals surface area contributed by atoms with Gasteiger partial charge in [-0.05, 0) is 148 Å². The lowest BCUT2D eigenvalue weighted by atomic mass is 10.0. The number of hydrogen-bond donors (Lipinski definition) is 10. The van der Waals surface area contributed by atoms with Crippen molar-refractivity contribution >= 4 is 35.4 Å². The predicted molar refractivity (Wildman–Crippen MR) is 293 cm³/mol. The van der Waals surface area contributed by atoms with Gasteiger partial charge >= 0.3 is 0 Å². The molecule has 0 radical (unpaired) electrons. The van der Waals surface area contributed by atoms with Gasteiger partial charge in [0.25, 0.3) is 0 Å². The molecule has 1 saturated heterocycles. The van der Waals surface area contributed by atoms with Crippen molar-refractivity contribution in [1.82, 2.24) is 41.7 Å². The van der Waals surface area contributed by atoms with Gasteiger partial charge in [-0.25, -0.2) is 0 Å². The summed E-state index contributed by atoms with van der Waals surface area (Å²) >= 11 is 0. The molecule has 1 rings (SSSR count). The van der Waals surface area contributed by atoms with E-state index in [1.807, 2.05) is 0 Å². The zero-order valence-corrected chi connectivity index (χ0v) is 45.4. The number of nitrogens with one attached hydrogen (secondary N) is 6. The summed E-state index contributed by atoms with van der Waals surface area (Å²) < 4.78 is 0. The van der Waals surface area contributed by atoms with Crippen LogP contribution in [0.1, 0.15) is 194 Å². The lowest BCUT2D eigenvalue weighted by molar-refractivity contribution is -0.132. The van der Waals surface area contributed by atoms with Crippen LogP contribution < -0.4 is 54.8 Å². The third kappa shape index (κ3) is 36.3. The highest BCUT2D eigenvalue weighted by Crippen LogP contribution is 2.12. The second-order valence-electron chi connectivity index (χ2n) is 20.0. The number of carbonyl (C=O) groups is 6. The molecule has 18 heteroatoms. The molecule has 0 aliphatic carbocycles. The molecule has 1 aliphatic heterocycles. The molecule has 1 aliphatic rings. The van der Waals surface area contributed by atoms with Gasteiger partial charge in [0.2, 0.25) is 35.4 Å². The molecule has 0 aromatic heterocycles. The molecule has 18 nitrogen and oxygen atoms in total. The van der Waals surface area contributed by atoms with Crippen molar-refractivity contribution in [2.24, 2.45) is 22.9 Å². The van der Waals surface area contributed by atoms with Crippen molar-refractivity contribution in [3.05, 3.63) is 12.2 Å². The number of unbranched alkanes of at least 4 members (excludes halogenated alkanes) is 15. The van der Waals surface area contributed by atoms with E-state index in [-0.39, 0.29) is 23.6 Å². The number of carbonyl (C=O) groups excluding carboxylic acids is 6. The first-order valence-electron chi connectivity index (χ1n) is 28.6. The normalized spacial score (nSPS) is 14.9. The molecule has 0 aromatic carbocycles. The summed E-state index contributed by atoms with van der Waals surface area (Å²) in [4.78, 5) is 83.0. The van der Waals surface area contributed by atoms with Crippen molar-refractivity contribution in [2.75, 3.05) is 78.5 Å². The zero-order chi connectivity index (χ0) is 52.9. The van der Waals surface area contributed by atoms with Crippen LogP contribution in [0.25, 0.3) is 0 Å². The van der Waals surface area contributed by atoms with Gasteiger partial charge < -0.3 is 64.6 Å². The molecule has 4 atom stereocenters. The summed E-state index contributed by atoms with van der Waals surface area (Å²) in [5.41, 5.74) is 23.2. The summed E-state index contributed by atoms with van der Waals surface area (Å²) in [6, 6.07) is -3.19. The van der Waals surface area contributed by atoms with Gasteiger partial charge in [0.15, 0.2) is 0 Å². The van der Waals surface area contributed by atoms with Crippen molar-refractivity contribution < 1.29 is 28.8 Å². The number of hydrogen-bond acceptors (Lipinski definition) is 12. The summed E-state index contributed by atoms with van der Waals surface area (Å²) in [5.74, 6) is -1.54. The van der Waals surface area contributed by atoms with Gasteiger partial charge in [-0.15, -0.1) is 0 Å². The van der Waals surface area contributed by atoms with E-state index in [0.29, 0.717) is 116 Å². The molecule has 0 aromatic rings. The number of nitrogens with zero attached hydrogens (tertiary/aromatic N) is 2. The Morgan fingerprint density at radius 3 is 1.39 bits per heavy atom. The molecule has 0 bridgehead atoms. The first kappa shape index (κ1) is 66.3. The first-order valence-corrected chi connectivity index (χ1v) is 28.6. The van der Waals surface area contributed by atoms with Crippen molar-refractivity contribution in [1.29, 1.82) is 0 Å². The van der Waals surface area contributed by atoms with Crippen LogP contribution in [0.15, 0.2) is 12.2 Å². The minimum atomic E-state index is -0.876. The fraction of sp³-hybridized carbons (Fsp3) is 0.852. The van der Waals surface area contributed by atoms with E-state index in [1.54, 1.807) is 0 Å². The number of piperazine rings is 1. The largest absolute Gasteiger partial charge is 0.356 e. The number of allylic oxidation sites excluding steroid dienone is 2. The van der Waals surface area contributed by atoms with Crippen LogP contribution >= 0.6 is 0 Å². The van der Waals surface area contributed by atoms with Gasteiger partial charge in [0.1, 0.15) is 18.1 Å². The van der Waals surface area contributed by atoms with Crippen molar-refractivity contribution in [2.45, 2.75) is 218 Å². The van der Waals surface area contributed by atoms with Gasteiger partial charge in [-0.3, -0.25) is 28.8 Å². The molecule has 1 heterocycles. The molecule has 1 fully saturated rings. The molecular weight excluding hydrogens is 913 g/mol. The molecule has 0 spiro atoms. The van der Waals surface area contributed by atoms with Gasteiger partial charge in [0, 0.05) is 59.2 Å². The summed E-state index contributed by atoms with van der Waals surface area (Å²) in [6.45, 7) is 12.4. The standard InChI is InChI=1S/C54H106N12O6/c1-3-4-5-6-7-8-9-10-11-12-13-14-15-16-17-32-50(68)62-47(52(70)61-38-27-40-66-43-41-65(42-44-66)39-26-37-59-45(2)67)31-21-25-36-60-53(71)48(29-19-23-34-56)64-54(72)49(30-20-24-35-57)63-51(69)46(58)28-18-22-33-55/h10-11,46-49H,3-9,12-44,55-58H2,1-2H3,(H,59,67)(H,60,71)(H,61,70)(H,62,68)(H,63,69)(H,64,72). The van der Waals surface area contributed by atoms with E-state index in [0.717, 1.165) is 97.1 Å². The molecular formula is C54H106N12O6. The third-order valence-corrected chi connectivity index (χ3v) is 13.4. The Hall–Kier alpha value is -3.68. The lowest BCUT2D eigenvalue weighted by Crippen LogP contribution is -2.55. The van der Waals surface area contributed by atoms with Crippen LogP contribution in [0.2, 0.25) is 0 Å². The highest BCUT2D eigenvalue weighted by Gasteiger charge is 2.28. The first-order chi connectivity index (χ1) is 34.9. The second-order valence-corrected chi connectivity index (χ2v) is 20.0. The van der Waals surface area contributed by atoms with E-state index in [4.69, 9.17) is 22.9 Å². The van der Waals surface area contributed by atoms with Crippen LogP contribution in [0.5, 0.6) is 0 Å². The van der Waals surface area contributed by atoms with Gasteiger partial charge in [-0.1, -0.05) is 76.9 Å². The molecule has 0 saturated carbocycles. The maximum atomic E-state index is 13.6. The Bertz CT molecular complexity index is 1450. The van der Waals surface area contributed by atoms with E-state index in [9.17, 15) is 28.8 Å². The fourth-order valence-electron chi connectivity index (χ4n) is 8.85. The summed E-state index contributed by atoms with van der Waals surface area (Å²) in [7, 11) is 0. The van der Waals surface area contributed by atoms with E-state index in [1.165, 1.54) is 51.9 Å². The minimum Gasteiger partial charge on any atom is -0.356 e. The van der Waals surface area contributed by atoms with E-state index >= 15 is 0 Å². The fourth-order valence-corrected chi connectivity index (χ4v) is 8.85.